The van der Waals surface area contributed by atoms with Crippen molar-refractivity contribution in [3.8, 4) is 11.8 Å². The number of aryl methyl sites for hydroxylation is 3. The van der Waals surface area contributed by atoms with Gasteiger partial charge in [0.05, 0.1) is 16.6 Å². The van der Waals surface area contributed by atoms with Gasteiger partial charge in [-0.3, -0.25) is 4.79 Å². The van der Waals surface area contributed by atoms with Gasteiger partial charge in [-0.15, -0.1) is 0 Å². The predicted molar refractivity (Wildman–Crippen MR) is 136 cm³/mol. The van der Waals surface area contributed by atoms with Crippen LogP contribution in [0.4, 0.5) is 5.69 Å². The Morgan fingerprint density at radius 2 is 1.82 bits per heavy atom. The van der Waals surface area contributed by atoms with Gasteiger partial charge in [-0.1, -0.05) is 23.7 Å². The molecule has 0 spiro atoms. The van der Waals surface area contributed by atoms with E-state index in [1.54, 1.807) is 36.4 Å². The lowest BCUT2D eigenvalue weighted by molar-refractivity contribution is -0.118. The van der Waals surface area contributed by atoms with Crippen LogP contribution < -0.4 is 10.1 Å². The number of H-pyrrole nitrogens is 1. The van der Waals surface area contributed by atoms with Crippen molar-refractivity contribution in [2.75, 3.05) is 11.9 Å². The predicted octanol–water partition coefficient (Wildman–Crippen LogP) is 6.22. The number of aromatic amines is 1. The normalized spacial score (nSPS) is 11.3. The maximum Gasteiger partial charge on any atom is 0.262 e. The monoisotopic (exact) mass is 470 g/mol. The van der Waals surface area contributed by atoms with Crippen molar-refractivity contribution in [1.82, 2.24) is 9.97 Å². The van der Waals surface area contributed by atoms with E-state index in [9.17, 15) is 10.1 Å². The van der Waals surface area contributed by atoms with E-state index < -0.39 is 0 Å². The van der Waals surface area contributed by atoms with Crippen LogP contribution in [-0.4, -0.2) is 22.5 Å². The zero-order chi connectivity index (χ0) is 24.2. The molecule has 6 nitrogen and oxygen atoms in total. The molecule has 0 saturated heterocycles. The molecule has 7 heteroatoms. The van der Waals surface area contributed by atoms with Crippen molar-refractivity contribution >= 4 is 45.9 Å². The van der Waals surface area contributed by atoms with Crippen LogP contribution in [0.15, 0.2) is 54.6 Å². The number of nitrogens with one attached hydrogen (secondary N) is 2. The molecule has 0 aliphatic carbocycles. The summed E-state index contributed by atoms with van der Waals surface area (Å²) in [6.45, 7) is 5.83. The van der Waals surface area contributed by atoms with Gasteiger partial charge < -0.3 is 15.0 Å². The topological polar surface area (TPSA) is 90.8 Å². The Hall–Kier alpha value is -4.08. The highest BCUT2D eigenvalue weighted by Gasteiger charge is 2.10. The highest BCUT2D eigenvalue weighted by Crippen LogP contribution is 2.23. The number of carbonyl (C=O) groups is 1. The van der Waals surface area contributed by atoms with Crippen molar-refractivity contribution in [3.05, 3.63) is 87.7 Å². The van der Waals surface area contributed by atoms with Gasteiger partial charge in [-0.2, -0.15) is 5.26 Å². The molecule has 0 aliphatic rings. The lowest BCUT2D eigenvalue weighted by Gasteiger charge is -2.09. The number of carbonyl (C=O) groups excluding carboxylic acids is 1. The number of nitriles is 1. The SMILES string of the molecule is Cc1cc2nc(/C(C#N)=C/c3ccc(OCC(=O)Nc4ccc(Cl)c(C)c4)cc3)[nH]c2cc1C. The molecule has 170 valence electrons. The van der Waals surface area contributed by atoms with Crippen molar-refractivity contribution < 1.29 is 9.53 Å². The second-order valence-corrected chi connectivity index (χ2v) is 8.49. The first-order valence-corrected chi connectivity index (χ1v) is 11.1. The average Bonchev–Trinajstić information content (AvgIpc) is 3.22. The number of aromatic nitrogens is 2. The standard InChI is InChI=1S/C27H23ClN4O2/c1-16-11-24-25(12-17(16)2)32-27(31-24)20(14-29)13-19-4-7-22(8-5-19)34-15-26(33)30-21-6-9-23(28)18(3)10-21/h4-13H,15H2,1-3H3,(H,30,33)(H,31,32)/b20-13+. The number of fused-ring (bicyclic) bond motifs is 1. The summed E-state index contributed by atoms with van der Waals surface area (Å²) in [5, 5.41) is 13.1. The Morgan fingerprint density at radius 3 is 2.53 bits per heavy atom. The number of ether oxygens (including phenoxy) is 1. The Labute approximate surface area is 202 Å². The first kappa shape index (κ1) is 23.1. The van der Waals surface area contributed by atoms with Crippen LogP contribution in [0.5, 0.6) is 5.75 Å². The summed E-state index contributed by atoms with van der Waals surface area (Å²) >= 11 is 6.01. The minimum atomic E-state index is -0.271. The molecule has 0 bridgehead atoms. The molecule has 1 heterocycles. The molecule has 0 fully saturated rings. The summed E-state index contributed by atoms with van der Waals surface area (Å²) in [6.07, 6.45) is 1.76. The number of imidazole rings is 1. The van der Waals surface area contributed by atoms with E-state index in [1.165, 1.54) is 0 Å². The first-order chi connectivity index (χ1) is 16.3. The van der Waals surface area contributed by atoms with Gasteiger partial charge in [0.2, 0.25) is 0 Å². The number of hydrogen-bond acceptors (Lipinski definition) is 4. The van der Waals surface area contributed by atoms with Crippen molar-refractivity contribution in [1.29, 1.82) is 5.26 Å². The third kappa shape index (κ3) is 5.28. The van der Waals surface area contributed by atoms with Crippen LogP contribution >= 0.6 is 11.6 Å². The van der Waals surface area contributed by atoms with E-state index in [0.29, 0.717) is 27.9 Å². The lowest BCUT2D eigenvalue weighted by Crippen LogP contribution is -2.20. The van der Waals surface area contributed by atoms with Gasteiger partial charge in [0.25, 0.3) is 5.91 Å². The molecule has 34 heavy (non-hydrogen) atoms. The smallest absolute Gasteiger partial charge is 0.262 e. The fourth-order valence-corrected chi connectivity index (χ4v) is 3.56. The number of allylic oxidation sites excluding steroid dienone is 1. The number of hydrogen-bond donors (Lipinski definition) is 2. The van der Waals surface area contributed by atoms with Gasteiger partial charge in [-0.05, 0) is 91.6 Å². The van der Waals surface area contributed by atoms with E-state index in [0.717, 1.165) is 33.3 Å². The van der Waals surface area contributed by atoms with Gasteiger partial charge in [0, 0.05) is 10.7 Å². The Morgan fingerprint density at radius 1 is 1.09 bits per heavy atom. The second-order valence-electron chi connectivity index (χ2n) is 8.08. The fraction of sp³-hybridized carbons (Fsp3) is 0.148. The summed E-state index contributed by atoms with van der Waals surface area (Å²) in [6, 6.07) is 18.7. The maximum absolute atomic E-state index is 12.2. The summed E-state index contributed by atoms with van der Waals surface area (Å²) in [5.74, 6) is 0.803. The molecule has 0 aliphatic heterocycles. The maximum atomic E-state index is 12.2. The molecule has 3 aromatic carbocycles. The third-order valence-electron chi connectivity index (χ3n) is 5.48. The van der Waals surface area contributed by atoms with E-state index in [4.69, 9.17) is 16.3 Å². The lowest BCUT2D eigenvalue weighted by atomic mass is 10.1. The van der Waals surface area contributed by atoms with Crippen molar-refractivity contribution in [3.63, 3.8) is 0 Å². The summed E-state index contributed by atoms with van der Waals surface area (Å²) in [4.78, 5) is 20.0. The number of halogens is 1. The van der Waals surface area contributed by atoms with Crippen LogP contribution in [0.3, 0.4) is 0 Å². The molecular formula is C27H23ClN4O2. The van der Waals surface area contributed by atoms with Gasteiger partial charge in [-0.25, -0.2) is 4.98 Å². The molecule has 1 amide bonds. The first-order valence-electron chi connectivity index (χ1n) is 10.7. The van der Waals surface area contributed by atoms with Gasteiger partial charge >= 0.3 is 0 Å². The van der Waals surface area contributed by atoms with Crippen LogP contribution in [0.25, 0.3) is 22.7 Å². The molecule has 4 aromatic rings. The number of nitrogens with zero attached hydrogens (tertiary/aromatic N) is 2. The van der Waals surface area contributed by atoms with E-state index in [1.807, 2.05) is 45.0 Å². The molecule has 2 N–H and O–H groups in total. The summed E-state index contributed by atoms with van der Waals surface area (Å²) in [7, 11) is 0. The molecular weight excluding hydrogens is 448 g/mol. The number of anilines is 1. The second kappa shape index (κ2) is 9.82. The molecule has 0 radical (unpaired) electrons. The summed E-state index contributed by atoms with van der Waals surface area (Å²) in [5.41, 5.74) is 6.84. The number of benzene rings is 3. The molecule has 0 saturated carbocycles. The zero-order valence-electron chi connectivity index (χ0n) is 19.1. The van der Waals surface area contributed by atoms with Crippen LogP contribution in [-0.2, 0) is 4.79 Å². The average molecular weight is 471 g/mol. The minimum absolute atomic E-state index is 0.127. The Balaban J connectivity index is 1.41. The van der Waals surface area contributed by atoms with Crippen LogP contribution in [0.1, 0.15) is 28.1 Å². The molecule has 1 aromatic heterocycles. The third-order valence-corrected chi connectivity index (χ3v) is 5.90. The van der Waals surface area contributed by atoms with Crippen molar-refractivity contribution in [2.24, 2.45) is 0 Å². The van der Waals surface area contributed by atoms with E-state index >= 15 is 0 Å². The molecule has 0 atom stereocenters. The van der Waals surface area contributed by atoms with Gasteiger partial charge in [0.15, 0.2) is 6.61 Å². The number of rotatable bonds is 6. The van der Waals surface area contributed by atoms with Crippen LogP contribution in [0, 0.1) is 32.1 Å². The minimum Gasteiger partial charge on any atom is -0.484 e. The van der Waals surface area contributed by atoms with E-state index in [2.05, 4.69) is 21.4 Å². The summed E-state index contributed by atoms with van der Waals surface area (Å²) < 4.78 is 5.58. The largest absolute Gasteiger partial charge is 0.484 e. The fourth-order valence-electron chi connectivity index (χ4n) is 3.45. The zero-order valence-corrected chi connectivity index (χ0v) is 19.8. The molecule has 0 unspecified atom stereocenters. The highest BCUT2D eigenvalue weighted by molar-refractivity contribution is 6.31. The van der Waals surface area contributed by atoms with Gasteiger partial charge in [0.1, 0.15) is 17.6 Å². The Bertz CT molecular complexity index is 1410. The number of amides is 1. The Kier molecular flexibility index (Phi) is 6.67. The van der Waals surface area contributed by atoms with E-state index in [-0.39, 0.29) is 12.5 Å². The van der Waals surface area contributed by atoms with Crippen LogP contribution in [0.2, 0.25) is 5.02 Å². The highest BCUT2D eigenvalue weighted by atomic mass is 35.5. The quantitative estimate of drug-likeness (QED) is 0.327. The van der Waals surface area contributed by atoms with Crippen molar-refractivity contribution in [2.45, 2.75) is 20.8 Å². The molecule has 4 rings (SSSR count).